The smallest absolute Gasteiger partial charge is 0.252 e. The Bertz CT molecular complexity index is 685. The second kappa shape index (κ2) is 10.4. The quantitative estimate of drug-likeness (QED) is 0.374. The average molecular weight is 360 g/mol. The highest BCUT2D eigenvalue weighted by Crippen LogP contribution is 2.13. The van der Waals surface area contributed by atoms with E-state index in [9.17, 15) is 4.79 Å². The summed E-state index contributed by atoms with van der Waals surface area (Å²) in [6.07, 6.45) is 7.02. The van der Waals surface area contributed by atoms with E-state index in [2.05, 4.69) is 37.8 Å². The largest absolute Gasteiger partial charge is 0.356 e. The van der Waals surface area contributed by atoms with Crippen molar-refractivity contribution in [1.29, 1.82) is 0 Å². The molecule has 8 heteroatoms. The first-order valence-electron chi connectivity index (χ1n) is 8.29. The van der Waals surface area contributed by atoms with Crippen LogP contribution in [0, 0.1) is 0 Å². The summed E-state index contributed by atoms with van der Waals surface area (Å²) in [6.45, 7) is 3.98. The fraction of sp³-hybridized carbons (Fsp3) is 0.412. The van der Waals surface area contributed by atoms with Gasteiger partial charge in [-0.25, -0.2) is 4.98 Å². The number of carbonyl (C=O) groups excluding carboxylic acids is 1. The van der Waals surface area contributed by atoms with Crippen LogP contribution in [0.3, 0.4) is 0 Å². The van der Waals surface area contributed by atoms with Crippen molar-refractivity contribution in [2.75, 3.05) is 26.7 Å². The van der Waals surface area contributed by atoms with Crippen molar-refractivity contribution < 1.29 is 4.79 Å². The molecule has 7 nitrogen and oxygen atoms in total. The highest BCUT2D eigenvalue weighted by molar-refractivity contribution is 7.11. The second-order valence-electron chi connectivity index (χ2n) is 5.25. The van der Waals surface area contributed by atoms with Gasteiger partial charge in [0.2, 0.25) is 0 Å². The lowest BCUT2D eigenvalue weighted by molar-refractivity contribution is 0.0954. The van der Waals surface area contributed by atoms with Gasteiger partial charge in [0, 0.05) is 56.6 Å². The molecule has 0 saturated heterocycles. The first-order chi connectivity index (χ1) is 12.2. The molecule has 0 atom stereocenters. The van der Waals surface area contributed by atoms with Crippen LogP contribution in [-0.4, -0.2) is 48.5 Å². The summed E-state index contributed by atoms with van der Waals surface area (Å²) in [5, 5.41) is 10.4. The molecule has 2 aromatic rings. The second-order valence-corrected chi connectivity index (χ2v) is 6.45. The molecule has 0 aliphatic rings. The Morgan fingerprint density at radius 2 is 2.00 bits per heavy atom. The van der Waals surface area contributed by atoms with Gasteiger partial charge in [0.1, 0.15) is 0 Å². The van der Waals surface area contributed by atoms with E-state index in [0.29, 0.717) is 24.6 Å². The average Bonchev–Trinajstić information content (AvgIpc) is 3.12. The minimum Gasteiger partial charge on any atom is -0.356 e. The minimum absolute atomic E-state index is 0.131. The summed E-state index contributed by atoms with van der Waals surface area (Å²) < 4.78 is 0. The summed E-state index contributed by atoms with van der Waals surface area (Å²) in [7, 11) is 1.72. The molecular formula is C17H24N6OS. The van der Waals surface area contributed by atoms with E-state index >= 15 is 0 Å². The maximum atomic E-state index is 11.9. The Balaban J connectivity index is 1.62. The van der Waals surface area contributed by atoms with Crippen LogP contribution >= 0.6 is 11.3 Å². The van der Waals surface area contributed by atoms with E-state index < -0.39 is 0 Å². The zero-order chi connectivity index (χ0) is 17.9. The molecule has 0 bridgehead atoms. The van der Waals surface area contributed by atoms with Crippen molar-refractivity contribution in [3.63, 3.8) is 0 Å². The molecule has 2 rings (SSSR count). The molecule has 2 aromatic heterocycles. The Morgan fingerprint density at radius 1 is 1.20 bits per heavy atom. The monoisotopic (exact) mass is 360 g/mol. The third-order valence-corrected chi connectivity index (χ3v) is 4.63. The van der Waals surface area contributed by atoms with Gasteiger partial charge in [0.25, 0.3) is 5.91 Å². The van der Waals surface area contributed by atoms with E-state index in [0.717, 1.165) is 24.4 Å². The third-order valence-electron chi connectivity index (χ3n) is 3.43. The molecule has 134 valence electrons. The normalized spacial score (nSPS) is 11.2. The molecule has 0 aliphatic carbocycles. The number of aliphatic imine (C=N–C) groups is 1. The molecule has 0 aliphatic heterocycles. The number of aryl methyl sites for hydroxylation is 1. The van der Waals surface area contributed by atoms with Crippen molar-refractivity contribution in [2.45, 2.75) is 19.8 Å². The SMILES string of the molecule is CCc1cnc(CCNC(=NC)NCCNC(=O)c2cccnc2)s1. The number of rotatable bonds is 8. The van der Waals surface area contributed by atoms with Crippen molar-refractivity contribution in [2.24, 2.45) is 4.99 Å². The number of carbonyl (C=O) groups is 1. The highest BCUT2D eigenvalue weighted by Gasteiger charge is 2.04. The summed E-state index contributed by atoms with van der Waals surface area (Å²) >= 11 is 1.75. The first-order valence-corrected chi connectivity index (χ1v) is 9.11. The molecule has 0 spiro atoms. The lowest BCUT2D eigenvalue weighted by Crippen LogP contribution is -2.42. The standard InChI is InChI=1S/C17H24N6OS/c1-3-14-12-23-15(25-14)6-8-21-17(18-2)22-10-9-20-16(24)13-5-4-7-19-11-13/h4-5,7,11-12H,3,6,8-10H2,1-2H3,(H,20,24)(H2,18,21,22). The van der Waals surface area contributed by atoms with Gasteiger partial charge in [-0.2, -0.15) is 0 Å². The molecule has 1 amide bonds. The fourth-order valence-corrected chi connectivity index (χ4v) is 2.95. The van der Waals surface area contributed by atoms with Crippen molar-refractivity contribution in [3.8, 4) is 0 Å². The number of hydrogen-bond donors (Lipinski definition) is 3. The predicted molar refractivity (Wildman–Crippen MR) is 101 cm³/mol. The van der Waals surface area contributed by atoms with Crippen LogP contribution < -0.4 is 16.0 Å². The summed E-state index contributed by atoms with van der Waals surface area (Å²) in [4.78, 5) is 25.7. The highest BCUT2D eigenvalue weighted by atomic mass is 32.1. The van der Waals surface area contributed by atoms with Crippen molar-refractivity contribution >= 4 is 23.2 Å². The Hall–Kier alpha value is -2.48. The van der Waals surface area contributed by atoms with Gasteiger partial charge in [-0.15, -0.1) is 11.3 Å². The van der Waals surface area contributed by atoms with Gasteiger partial charge in [-0.05, 0) is 18.6 Å². The van der Waals surface area contributed by atoms with Gasteiger partial charge in [0.15, 0.2) is 5.96 Å². The maximum absolute atomic E-state index is 11.9. The third kappa shape index (κ3) is 6.50. The van der Waals surface area contributed by atoms with Crippen LogP contribution in [0.25, 0.3) is 0 Å². The van der Waals surface area contributed by atoms with E-state index in [4.69, 9.17) is 0 Å². The number of aromatic nitrogens is 2. The number of nitrogens with one attached hydrogen (secondary N) is 3. The van der Waals surface area contributed by atoms with E-state index in [-0.39, 0.29) is 5.91 Å². The summed E-state index contributed by atoms with van der Waals surface area (Å²) in [5.74, 6) is 0.580. The van der Waals surface area contributed by atoms with Crippen LogP contribution in [0.1, 0.15) is 27.2 Å². The van der Waals surface area contributed by atoms with Gasteiger partial charge in [0.05, 0.1) is 10.6 Å². The summed E-state index contributed by atoms with van der Waals surface area (Å²) in [6, 6.07) is 3.48. The first kappa shape index (κ1) is 18.9. The van der Waals surface area contributed by atoms with E-state index in [1.807, 2.05) is 6.20 Å². The van der Waals surface area contributed by atoms with Gasteiger partial charge < -0.3 is 16.0 Å². The number of pyridine rings is 1. The number of guanidine groups is 1. The lowest BCUT2D eigenvalue weighted by atomic mass is 10.3. The Kier molecular flexibility index (Phi) is 7.84. The molecule has 2 heterocycles. The topological polar surface area (TPSA) is 91.3 Å². The Labute approximate surface area is 152 Å². The maximum Gasteiger partial charge on any atom is 0.252 e. The van der Waals surface area contributed by atoms with Crippen LogP contribution in [0.5, 0.6) is 0 Å². The van der Waals surface area contributed by atoms with Crippen LogP contribution in [0.2, 0.25) is 0 Å². The zero-order valence-corrected chi connectivity index (χ0v) is 15.4. The molecule has 0 unspecified atom stereocenters. The van der Waals surface area contributed by atoms with Crippen molar-refractivity contribution in [1.82, 2.24) is 25.9 Å². The minimum atomic E-state index is -0.131. The number of amides is 1. The van der Waals surface area contributed by atoms with Crippen LogP contribution in [0.15, 0.2) is 35.7 Å². The number of nitrogens with zero attached hydrogens (tertiary/aromatic N) is 3. The van der Waals surface area contributed by atoms with Crippen LogP contribution in [-0.2, 0) is 12.8 Å². The molecule has 0 radical (unpaired) electrons. The van der Waals surface area contributed by atoms with E-state index in [1.165, 1.54) is 4.88 Å². The van der Waals surface area contributed by atoms with E-state index in [1.54, 1.807) is 42.9 Å². The molecule has 0 aromatic carbocycles. The van der Waals surface area contributed by atoms with Crippen LogP contribution in [0.4, 0.5) is 0 Å². The molecule has 3 N–H and O–H groups in total. The number of thiazole rings is 1. The summed E-state index contributed by atoms with van der Waals surface area (Å²) in [5.41, 5.74) is 0.555. The number of hydrogen-bond acceptors (Lipinski definition) is 5. The van der Waals surface area contributed by atoms with Gasteiger partial charge in [-0.3, -0.25) is 14.8 Å². The lowest BCUT2D eigenvalue weighted by Gasteiger charge is -2.11. The van der Waals surface area contributed by atoms with Gasteiger partial charge in [-0.1, -0.05) is 6.92 Å². The fourth-order valence-electron chi connectivity index (χ4n) is 2.09. The molecule has 0 fully saturated rings. The van der Waals surface area contributed by atoms with Crippen molar-refractivity contribution in [3.05, 3.63) is 46.2 Å². The van der Waals surface area contributed by atoms with Gasteiger partial charge >= 0.3 is 0 Å². The molecule has 0 saturated carbocycles. The molecule has 25 heavy (non-hydrogen) atoms. The predicted octanol–water partition coefficient (Wildman–Crippen LogP) is 1.24. The Morgan fingerprint density at radius 3 is 2.68 bits per heavy atom. The zero-order valence-electron chi connectivity index (χ0n) is 14.6. The molecular weight excluding hydrogens is 336 g/mol.